The Morgan fingerprint density at radius 1 is 0.957 bits per heavy atom. The predicted octanol–water partition coefficient (Wildman–Crippen LogP) is 1.82. The Balaban J connectivity index is 1.98. The Hall–Kier alpha value is -2.24. The number of benzene rings is 1. The number of phenols is 2. The first-order chi connectivity index (χ1) is 11.0. The van der Waals surface area contributed by atoms with Gasteiger partial charge < -0.3 is 20.0 Å². The molecule has 2 amide bonds. The summed E-state index contributed by atoms with van der Waals surface area (Å²) in [6.07, 6.45) is 1.66. The second-order valence-corrected chi connectivity index (χ2v) is 5.87. The summed E-state index contributed by atoms with van der Waals surface area (Å²) in [5.74, 6) is -0.310. The third kappa shape index (κ3) is 3.94. The van der Waals surface area contributed by atoms with Gasteiger partial charge in [0.1, 0.15) is 11.5 Å². The van der Waals surface area contributed by atoms with E-state index in [1.54, 1.807) is 4.90 Å². The normalized spacial score (nSPS) is 15.1. The summed E-state index contributed by atoms with van der Waals surface area (Å²) in [7, 11) is 0. The van der Waals surface area contributed by atoms with Crippen molar-refractivity contribution in [3.8, 4) is 11.5 Å². The van der Waals surface area contributed by atoms with Crippen LogP contribution in [0, 0.1) is 5.92 Å². The van der Waals surface area contributed by atoms with Crippen LogP contribution in [0.3, 0.4) is 0 Å². The van der Waals surface area contributed by atoms with Crippen molar-refractivity contribution < 1.29 is 19.8 Å². The average Bonchev–Trinajstić information content (AvgIpc) is 2.54. The molecule has 126 valence electrons. The van der Waals surface area contributed by atoms with Crippen molar-refractivity contribution in [3.05, 3.63) is 23.8 Å². The van der Waals surface area contributed by atoms with Crippen LogP contribution in [0.4, 0.5) is 0 Å². The van der Waals surface area contributed by atoms with Crippen LogP contribution in [-0.4, -0.2) is 58.0 Å². The molecule has 2 N–H and O–H groups in total. The number of phenolic OH excluding ortho intramolecular Hbond substituents is 2. The zero-order valence-electron chi connectivity index (χ0n) is 13.7. The molecule has 1 aromatic rings. The molecule has 1 aliphatic heterocycles. The van der Waals surface area contributed by atoms with Gasteiger partial charge in [0.2, 0.25) is 5.91 Å². The van der Waals surface area contributed by atoms with Crippen LogP contribution in [0.2, 0.25) is 0 Å². The fourth-order valence-corrected chi connectivity index (χ4v) is 2.93. The van der Waals surface area contributed by atoms with E-state index in [2.05, 4.69) is 0 Å². The maximum Gasteiger partial charge on any atom is 0.254 e. The first kappa shape index (κ1) is 17.1. The third-order valence-corrected chi connectivity index (χ3v) is 4.36. The molecule has 0 spiro atoms. The molecule has 0 aromatic heterocycles. The molecule has 0 bridgehead atoms. The molecule has 2 rings (SSSR count). The van der Waals surface area contributed by atoms with Crippen molar-refractivity contribution in [1.82, 2.24) is 9.80 Å². The number of nitrogens with zero attached hydrogens (tertiary/aromatic N) is 2. The smallest absolute Gasteiger partial charge is 0.254 e. The molecular weight excluding hydrogens is 296 g/mol. The monoisotopic (exact) mass is 320 g/mol. The Morgan fingerprint density at radius 2 is 1.43 bits per heavy atom. The van der Waals surface area contributed by atoms with Gasteiger partial charge in [0.15, 0.2) is 0 Å². The first-order valence-corrected chi connectivity index (χ1v) is 8.07. The molecule has 1 aromatic carbocycles. The molecule has 0 atom stereocenters. The highest BCUT2D eigenvalue weighted by atomic mass is 16.3. The number of carbonyl (C=O) groups is 2. The lowest BCUT2D eigenvalue weighted by Gasteiger charge is -2.36. The minimum absolute atomic E-state index is 0.0558. The van der Waals surface area contributed by atoms with E-state index in [1.807, 2.05) is 18.7 Å². The summed E-state index contributed by atoms with van der Waals surface area (Å²) in [4.78, 5) is 28.2. The molecule has 6 nitrogen and oxygen atoms in total. The van der Waals surface area contributed by atoms with Gasteiger partial charge in [-0.3, -0.25) is 9.59 Å². The van der Waals surface area contributed by atoms with Gasteiger partial charge in [0, 0.05) is 43.7 Å². The summed E-state index contributed by atoms with van der Waals surface area (Å²) in [6.45, 7) is 5.99. The summed E-state index contributed by atoms with van der Waals surface area (Å²) in [5.41, 5.74) is 0.252. The number of rotatable bonds is 4. The van der Waals surface area contributed by atoms with Gasteiger partial charge in [-0.15, -0.1) is 0 Å². The van der Waals surface area contributed by atoms with Crippen LogP contribution in [0.15, 0.2) is 18.2 Å². The minimum atomic E-state index is -0.245. The Bertz CT molecular complexity index is 556. The van der Waals surface area contributed by atoms with Crippen LogP contribution in [-0.2, 0) is 4.79 Å². The van der Waals surface area contributed by atoms with Crippen LogP contribution >= 0.6 is 0 Å². The number of hydrogen-bond donors (Lipinski definition) is 2. The van der Waals surface area contributed by atoms with Crippen molar-refractivity contribution in [3.63, 3.8) is 0 Å². The van der Waals surface area contributed by atoms with Crippen molar-refractivity contribution in [2.75, 3.05) is 26.2 Å². The maximum atomic E-state index is 12.4. The lowest BCUT2D eigenvalue weighted by molar-refractivity contribution is -0.137. The zero-order valence-corrected chi connectivity index (χ0v) is 13.7. The van der Waals surface area contributed by atoms with Gasteiger partial charge in [-0.1, -0.05) is 13.8 Å². The fourth-order valence-electron chi connectivity index (χ4n) is 2.93. The van der Waals surface area contributed by atoms with Gasteiger partial charge in [0.05, 0.1) is 0 Å². The maximum absolute atomic E-state index is 12.4. The van der Waals surface area contributed by atoms with Crippen molar-refractivity contribution in [1.29, 1.82) is 0 Å². The van der Waals surface area contributed by atoms with E-state index in [1.165, 1.54) is 18.2 Å². The minimum Gasteiger partial charge on any atom is -0.508 e. The van der Waals surface area contributed by atoms with Crippen LogP contribution in [0.1, 0.15) is 37.0 Å². The topological polar surface area (TPSA) is 81.1 Å². The number of aromatic hydroxyl groups is 2. The van der Waals surface area contributed by atoms with Crippen molar-refractivity contribution >= 4 is 11.8 Å². The van der Waals surface area contributed by atoms with E-state index in [9.17, 15) is 19.8 Å². The van der Waals surface area contributed by atoms with E-state index >= 15 is 0 Å². The second-order valence-electron chi connectivity index (χ2n) is 5.87. The fraction of sp³-hybridized carbons (Fsp3) is 0.529. The molecule has 23 heavy (non-hydrogen) atoms. The highest BCUT2D eigenvalue weighted by molar-refractivity contribution is 5.95. The predicted molar refractivity (Wildman–Crippen MR) is 86.3 cm³/mol. The summed E-state index contributed by atoms with van der Waals surface area (Å²) >= 11 is 0. The largest absolute Gasteiger partial charge is 0.508 e. The van der Waals surface area contributed by atoms with Crippen LogP contribution < -0.4 is 0 Å². The number of carbonyl (C=O) groups excluding carboxylic acids is 2. The number of amides is 2. The summed E-state index contributed by atoms with van der Waals surface area (Å²) in [6, 6.07) is 3.86. The molecule has 6 heteroatoms. The number of piperazine rings is 1. The zero-order chi connectivity index (χ0) is 17.0. The highest BCUT2D eigenvalue weighted by Gasteiger charge is 2.28. The van der Waals surface area contributed by atoms with Crippen molar-refractivity contribution in [2.24, 2.45) is 5.92 Å². The van der Waals surface area contributed by atoms with E-state index in [4.69, 9.17) is 0 Å². The van der Waals surface area contributed by atoms with Gasteiger partial charge in [0.25, 0.3) is 5.91 Å². The molecule has 0 aliphatic carbocycles. The SMILES string of the molecule is CCC(CC)C(=O)N1CCN(C(=O)c2cc(O)cc(O)c2)CC1. The average molecular weight is 320 g/mol. The van der Waals surface area contributed by atoms with Crippen LogP contribution in [0.25, 0.3) is 0 Å². The van der Waals surface area contributed by atoms with Crippen LogP contribution in [0.5, 0.6) is 11.5 Å². The van der Waals surface area contributed by atoms with Crippen molar-refractivity contribution in [2.45, 2.75) is 26.7 Å². The summed E-state index contributed by atoms with van der Waals surface area (Å²) < 4.78 is 0. The Labute approximate surface area is 136 Å². The van der Waals surface area contributed by atoms with E-state index in [0.717, 1.165) is 12.8 Å². The molecule has 1 fully saturated rings. The molecule has 1 aliphatic rings. The molecular formula is C17H24N2O4. The van der Waals surface area contributed by atoms with Gasteiger partial charge in [-0.05, 0) is 25.0 Å². The highest BCUT2D eigenvalue weighted by Crippen LogP contribution is 2.22. The Kier molecular flexibility index (Phi) is 5.47. The molecule has 0 unspecified atom stereocenters. The number of hydrogen-bond acceptors (Lipinski definition) is 4. The van der Waals surface area contributed by atoms with E-state index < -0.39 is 0 Å². The quantitative estimate of drug-likeness (QED) is 0.886. The lowest BCUT2D eigenvalue weighted by atomic mass is 10.0. The van der Waals surface area contributed by atoms with E-state index in [0.29, 0.717) is 26.2 Å². The second kappa shape index (κ2) is 7.35. The van der Waals surface area contributed by atoms with Gasteiger partial charge in [-0.2, -0.15) is 0 Å². The third-order valence-electron chi connectivity index (χ3n) is 4.36. The standard InChI is InChI=1S/C17H24N2O4/c1-3-12(4-2)16(22)18-5-7-19(8-6-18)17(23)13-9-14(20)11-15(21)10-13/h9-12,20-21H,3-8H2,1-2H3. The van der Waals surface area contributed by atoms with E-state index in [-0.39, 0.29) is 34.8 Å². The molecule has 1 heterocycles. The lowest BCUT2D eigenvalue weighted by Crippen LogP contribution is -2.51. The first-order valence-electron chi connectivity index (χ1n) is 8.07. The van der Waals surface area contributed by atoms with Gasteiger partial charge >= 0.3 is 0 Å². The molecule has 0 saturated carbocycles. The molecule has 1 saturated heterocycles. The van der Waals surface area contributed by atoms with Gasteiger partial charge in [-0.25, -0.2) is 0 Å². The summed E-state index contributed by atoms with van der Waals surface area (Å²) in [5, 5.41) is 19.0. The Morgan fingerprint density at radius 3 is 1.91 bits per heavy atom. The molecule has 0 radical (unpaired) electrons.